The lowest BCUT2D eigenvalue weighted by Gasteiger charge is -2.25. The first kappa shape index (κ1) is 14.0. The number of benzene rings is 1. The van der Waals surface area contributed by atoms with Gasteiger partial charge in [0.1, 0.15) is 0 Å². The number of hydrogen-bond acceptors (Lipinski definition) is 2. The highest BCUT2D eigenvalue weighted by molar-refractivity contribution is 5.32. The van der Waals surface area contributed by atoms with E-state index in [9.17, 15) is 9.50 Å². The summed E-state index contributed by atoms with van der Waals surface area (Å²) >= 11 is 0. The molecule has 1 aromatic rings. The fraction of sp³-hybridized carbons (Fsp3) is 0.571. The molecule has 0 radical (unpaired) electrons. The Kier molecular flexibility index (Phi) is 4.52. The molecular weight excluding hydrogens is 219 g/mol. The predicted octanol–water partition coefficient (Wildman–Crippen LogP) is 3.48. The molecule has 96 valence electrons. The normalized spacial score (nSPS) is 14.8. The minimum Gasteiger partial charge on any atom is -0.494 e. The van der Waals surface area contributed by atoms with Crippen LogP contribution in [0.3, 0.4) is 0 Å². The molecule has 0 fully saturated rings. The monoisotopic (exact) mass is 240 g/mol. The molecule has 0 saturated carbocycles. The van der Waals surface area contributed by atoms with Crippen molar-refractivity contribution in [1.29, 1.82) is 0 Å². The molecule has 0 bridgehead atoms. The van der Waals surface area contributed by atoms with E-state index >= 15 is 0 Å². The average molecular weight is 240 g/mol. The molecule has 17 heavy (non-hydrogen) atoms. The zero-order valence-corrected chi connectivity index (χ0v) is 11.0. The smallest absolute Gasteiger partial charge is 0.165 e. The Labute approximate surface area is 102 Å². The lowest BCUT2D eigenvalue weighted by Crippen LogP contribution is -2.22. The zero-order valence-electron chi connectivity index (χ0n) is 11.0. The molecule has 0 heterocycles. The van der Waals surface area contributed by atoms with E-state index in [1.807, 2.05) is 0 Å². The molecule has 0 saturated heterocycles. The van der Waals surface area contributed by atoms with E-state index in [0.717, 1.165) is 6.42 Å². The Morgan fingerprint density at radius 3 is 2.53 bits per heavy atom. The van der Waals surface area contributed by atoms with Crippen LogP contribution in [0, 0.1) is 11.7 Å². The first-order valence-electron chi connectivity index (χ1n) is 5.93. The van der Waals surface area contributed by atoms with Gasteiger partial charge in [0.25, 0.3) is 0 Å². The number of ether oxygens (including phenoxy) is 1. The van der Waals surface area contributed by atoms with Crippen LogP contribution in [0.15, 0.2) is 18.2 Å². The fourth-order valence-electron chi connectivity index (χ4n) is 1.72. The summed E-state index contributed by atoms with van der Waals surface area (Å²) < 4.78 is 18.4. The number of methoxy groups -OCH3 is 1. The summed E-state index contributed by atoms with van der Waals surface area (Å²) in [6, 6.07) is 4.61. The molecule has 1 N–H and O–H groups in total. The highest BCUT2D eigenvalue weighted by Crippen LogP contribution is 2.30. The summed E-state index contributed by atoms with van der Waals surface area (Å²) in [5, 5.41) is 10.3. The highest BCUT2D eigenvalue weighted by atomic mass is 19.1. The van der Waals surface area contributed by atoms with Crippen LogP contribution < -0.4 is 4.74 Å². The van der Waals surface area contributed by atoms with Gasteiger partial charge >= 0.3 is 0 Å². The van der Waals surface area contributed by atoms with Crippen molar-refractivity contribution in [2.24, 2.45) is 5.92 Å². The third-order valence-corrected chi connectivity index (χ3v) is 2.98. The van der Waals surface area contributed by atoms with E-state index in [1.54, 1.807) is 19.1 Å². The summed E-state index contributed by atoms with van der Waals surface area (Å²) in [5.74, 6) is 0.285. The summed E-state index contributed by atoms with van der Waals surface area (Å²) in [4.78, 5) is 0. The molecule has 3 heteroatoms. The van der Waals surface area contributed by atoms with E-state index < -0.39 is 11.4 Å². The molecule has 0 aliphatic rings. The van der Waals surface area contributed by atoms with Gasteiger partial charge in [-0.15, -0.1) is 0 Å². The van der Waals surface area contributed by atoms with Crippen molar-refractivity contribution in [1.82, 2.24) is 0 Å². The Balaban J connectivity index is 2.87. The fourth-order valence-corrected chi connectivity index (χ4v) is 1.72. The summed E-state index contributed by atoms with van der Waals surface area (Å²) in [6.07, 6.45) is 1.52. The van der Waals surface area contributed by atoms with Crippen LogP contribution in [-0.4, -0.2) is 12.2 Å². The van der Waals surface area contributed by atoms with Crippen LogP contribution in [-0.2, 0) is 5.60 Å². The largest absolute Gasteiger partial charge is 0.494 e. The van der Waals surface area contributed by atoms with Crippen LogP contribution in [0.2, 0.25) is 0 Å². The first-order valence-corrected chi connectivity index (χ1v) is 5.93. The maximum absolute atomic E-state index is 13.5. The summed E-state index contributed by atoms with van der Waals surface area (Å²) in [6.45, 7) is 5.92. The Morgan fingerprint density at radius 1 is 1.41 bits per heavy atom. The van der Waals surface area contributed by atoms with Crippen LogP contribution in [0.1, 0.15) is 39.2 Å². The standard InChI is InChI=1S/C14H21FO2/c1-10(2)7-8-14(3,16)11-5-6-13(17-4)12(15)9-11/h5-6,9-10,16H,7-8H2,1-4H3. The van der Waals surface area contributed by atoms with Gasteiger partial charge < -0.3 is 9.84 Å². The van der Waals surface area contributed by atoms with Crippen molar-refractivity contribution in [2.45, 2.75) is 39.2 Å². The van der Waals surface area contributed by atoms with Gasteiger partial charge in [0, 0.05) is 0 Å². The Morgan fingerprint density at radius 2 is 2.06 bits per heavy atom. The average Bonchev–Trinajstić information content (AvgIpc) is 2.26. The van der Waals surface area contributed by atoms with Crippen LogP contribution in [0.4, 0.5) is 4.39 Å². The second-order valence-electron chi connectivity index (χ2n) is 5.06. The Bertz CT molecular complexity index is 372. The Hall–Kier alpha value is -1.09. The third kappa shape index (κ3) is 3.70. The maximum Gasteiger partial charge on any atom is 0.165 e. The second-order valence-corrected chi connectivity index (χ2v) is 5.06. The van der Waals surface area contributed by atoms with E-state index in [1.165, 1.54) is 13.2 Å². The molecule has 0 aliphatic carbocycles. The maximum atomic E-state index is 13.5. The van der Waals surface area contributed by atoms with Crippen molar-refractivity contribution >= 4 is 0 Å². The van der Waals surface area contributed by atoms with E-state index in [2.05, 4.69) is 13.8 Å². The third-order valence-electron chi connectivity index (χ3n) is 2.98. The number of rotatable bonds is 5. The quantitative estimate of drug-likeness (QED) is 0.853. The minimum absolute atomic E-state index is 0.202. The molecular formula is C14H21FO2. The van der Waals surface area contributed by atoms with E-state index in [-0.39, 0.29) is 5.75 Å². The summed E-state index contributed by atoms with van der Waals surface area (Å²) in [5.41, 5.74) is -0.395. The molecule has 0 spiro atoms. The topological polar surface area (TPSA) is 29.5 Å². The van der Waals surface area contributed by atoms with Gasteiger partial charge in [0.2, 0.25) is 0 Å². The number of aliphatic hydroxyl groups is 1. The van der Waals surface area contributed by atoms with Crippen molar-refractivity contribution < 1.29 is 14.2 Å². The predicted molar refractivity (Wildman–Crippen MR) is 66.6 cm³/mol. The van der Waals surface area contributed by atoms with Gasteiger partial charge in [-0.1, -0.05) is 19.9 Å². The summed E-state index contributed by atoms with van der Waals surface area (Å²) in [7, 11) is 1.43. The lowest BCUT2D eigenvalue weighted by molar-refractivity contribution is 0.0416. The van der Waals surface area contributed by atoms with Gasteiger partial charge in [-0.3, -0.25) is 0 Å². The number of halogens is 1. The van der Waals surface area contributed by atoms with Crippen molar-refractivity contribution in [3.05, 3.63) is 29.6 Å². The second kappa shape index (κ2) is 5.50. The van der Waals surface area contributed by atoms with Gasteiger partial charge in [-0.05, 0) is 43.4 Å². The molecule has 0 amide bonds. The first-order chi connectivity index (χ1) is 7.86. The molecule has 1 unspecified atom stereocenters. The van der Waals surface area contributed by atoms with Crippen LogP contribution in [0.25, 0.3) is 0 Å². The lowest BCUT2D eigenvalue weighted by atomic mass is 9.88. The molecule has 0 aliphatic heterocycles. The van der Waals surface area contributed by atoms with Gasteiger partial charge in [0.15, 0.2) is 11.6 Å². The van der Waals surface area contributed by atoms with Crippen LogP contribution >= 0.6 is 0 Å². The molecule has 1 atom stereocenters. The molecule has 2 nitrogen and oxygen atoms in total. The van der Waals surface area contributed by atoms with Crippen LogP contribution in [0.5, 0.6) is 5.75 Å². The molecule has 1 aromatic carbocycles. The van der Waals surface area contributed by atoms with Crippen molar-refractivity contribution in [3.8, 4) is 5.75 Å². The SMILES string of the molecule is COc1ccc(C(C)(O)CCC(C)C)cc1F. The van der Waals surface area contributed by atoms with Crippen molar-refractivity contribution in [2.75, 3.05) is 7.11 Å². The van der Waals surface area contributed by atoms with Gasteiger partial charge in [-0.25, -0.2) is 4.39 Å². The zero-order chi connectivity index (χ0) is 13.1. The number of hydrogen-bond donors (Lipinski definition) is 1. The van der Waals surface area contributed by atoms with Crippen molar-refractivity contribution in [3.63, 3.8) is 0 Å². The highest BCUT2D eigenvalue weighted by Gasteiger charge is 2.24. The van der Waals surface area contributed by atoms with Gasteiger partial charge in [-0.2, -0.15) is 0 Å². The van der Waals surface area contributed by atoms with Gasteiger partial charge in [0.05, 0.1) is 12.7 Å². The van der Waals surface area contributed by atoms with E-state index in [4.69, 9.17) is 4.74 Å². The molecule has 1 rings (SSSR count). The minimum atomic E-state index is -0.989. The van der Waals surface area contributed by atoms with E-state index in [0.29, 0.717) is 17.9 Å². The molecule has 0 aromatic heterocycles.